The number of aromatic nitrogens is 3. The van der Waals surface area contributed by atoms with Crippen LogP contribution in [-0.4, -0.2) is 34.1 Å². The number of carbonyl (C=O) groups is 1. The number of primary amides is 1. The fourth-order valence-electron chi connectivity index (χ4n) is 4.12. The van der Waals surface area contributed by atoms with Crippen molar-refractivity contribution in [3.63, 3.8) is 0 Å². The van der Waals surface area contributed by atoms with Gasteiger partial charge in [0.1, 0.15) is 0 Å². The molecule has 5 rings (SSSR count). The fraction of sp³-hybridized carbons (Fsp3) is 0.208. The van der Waals surface area contributed by atoms with Gasteiger partial charge in [-0.25, -0.2) is 9.55 Å². The number of ether oxygens (including phenoxy) is 1. The van der Waals surface area contributed by atoms with Crippen LogP contribution < -0.4 is 21.1 Å². The summed E-state index contributed by atoms with van der Waals surface area (Å²) in [6.07, 6.45) is 1.85. The Morgan fingerprint density at radius 1 is 1.19 bits per heavy atom. The second-order valence-electron chi connectivity index (χ2n) is 7.69. The summed E-state index contributed by atoms with van der Waals surface area (Å²) < 4.78 is 7.45. The lowest BCUT2D eigenvalue weighted by molar-refractivity contribution is 0.100. The van der Waals surface area contributed by atoms with Crippen molar-refractivity contribution < 1.29 is 9.53 Å². The molecule has 0 saturated heterocycles. The maximum Gasteiger partial charge on any atom is 0.249 e. The van der Waals surface area contributed by atoms with Crippen LogP contribution in [-0.2, 0) is 13.0 Å². The zero-order valence-corrected chi connectivity index (χ0v) is 17.8. The van der Waals surface area contributed by atoms with Crippen LogP contribution in [0.2, 0.25) is 0 Å². The third-order valence-electron chi connectivity index (χ3n) is 5.65. The lowest BCUT2D eigenvalue weighted by Gasteiger charge is -2.22. The SMILES string of the molecule is COc1cc2c(C(N)=O)cccc2n1-c1nc2c(c(NCc3ccccc3)n1)NCCC2. The predicted molar refractivity (Wildman–Crippen MR) is 125 cm³/mol. The normalized spacial score (nSPS) is 12.8. The molecule has 0 saturated carbocycles. The van der Waals surface area contributed by atoms with Crippen molar-refractivity contribution in [2.75, 3.05) is 24.3 Å². The number of aryl methyl sites for hydroxylation is 1. The Labute approximate surface area is 185 Å². The number of rotatable bonds is 6. The number of anilines is 2. The molecule has 2 aromatic carbocycles. The molecule has 0 atom stereocenters. The Morgan fingerprint density at radius 2 is 2.03 bits per heavy atom. The van der Waals surface area contributed by atoms with Crippen molar-refractivity contribution in [3.8, 4) is 11.8 Å². The van der Waals surface area contributed by atoms with E-state index < -0.39 is 5.91 Å². The minimum Gasteiger partial charge on any atom is -0.482 e. The molecule has 0 unspecified atom stereocenters. The summed E-state index contributed by atoms with van der Waals surface area (Å²) in [7, 11) is 1.59. The van der Waals surface area contributed by atoms with E-state index in [9.17, 15) is 4.79 Å². The van der Waals surface area contributed by atoms with Gasteiger partial charge in [-0.2, -0.15) is 4.98 Å². The van der Waals surface area contributed by atoms with E-state index in [0.29, 0.717) is 29.3 Å². The number of nitrogens with one attached hydrogen (secondary N) is 2. The monoisotopic (exact) mass is 428 g/mol. The van der Waals surface area contributed by atoms with Gasteiger partial charge in [0, 0.05) is 30.1 Å². The fourth-order valence-corrected chi connectivity index (χ4v) is 4.12. The van der Waals surface area contributed by atoms with Crippen molar-refractivity contribution >= 4 is 28.3 Å². The maximum atomic E-state index is 11.9. The Hall–Kier alpha value is -4.07. The predicted octanol–water partition coefficient (Wildman–Crippen LogP) is 3.50. The average Bonchev–Trinajstić information content (AvgIpc) is 3.21. The highest BCUT2D eigenvalue weighted by atomic mass is 16.5. The molecule has 0 bridgehead atoms. The molecule has 8 nitrogen and oxygen atoms in total. The Morgan fingerprint density at radius 3 is 2.81 bits per heavy atom. The standard InChI is InChI=1S/C24H24N6O2/c1-32-20-13-17-16(22(25)31)9-5-11-19(17)30(20)24-28-18-10-6-12-26-21(18)23(29-24)27-14-15-7-3-2-4-8-15/h2-5,7-9,11,13,26H,6,10,12,14H2,1H3,(H2,25,31)(H,27,28,29). The summed E-state index contributed by atoms with van der Waals surface area (Å²) in [5.41, 5.74) is 9.83. The van der Waals surface area contributed by atoms with Crippen LogP contribution in [0.1, 0.15) is 28.0 Å². The van der Waals surface area contributed by atoms with Crippen molar-refractivity contribution in [2.24, 2.45) is 5.73 Å². The Bertz CT molecular complexity index is 1300. The zero-order valence-electron chi connectivity index (χ0n) is 17.8. The number of methoxy groups -OCH3 is 1. The minimum atomic E-state index is -0.490. The van der Waals surface area contributed by atoms with Gasteiger partial charge in [0.05, 0.1) is 24.0 Å². The van der Waals surface area contributed by atoms with Crippen molar-refractivity contribution in [2.45, 2.75) is 19.4 Å². The molecule has 0 spiro atoms. The van der Waals surface area contributed by atoms with Gasteiger partial charge in [-0.15, -0.1) is 0 Å². The molecule has 162 valence electrons. The molecule has 0 radical (unpaired) electrons. The van der Waals surface area contributed by atoms with Crippen LogP contribution in [0.4, 0.5) is 11.5 Å². The lowest BCUT2D eigenvalue weighted by Crippen LogP contribution is -2.19. The molecule has 1 aliphatic rings. The summed E-state index contributed by atoms with van der Waals surface area (Å²) in [5.74, 6) is 1.27. The van der Waals surface area contributed by atoms with E-state index in [0.717, 1.165) is 47.7 Å². The molecule has 4 aromatic rings. The van der Waals surface area contributed by atoms with Gasteiger partial charge >= 0.3 is 0 Å². The van der Waals surface area contributed by atoms with Crippen molar-refractivity contribution in [1.29, 1.82) is 0 Å². The molecule has 0 aliphatic carbocycles. The van der Waals surface area contributed by atoms with Gasteiger partial charge < -0.3 is 21.1 Å². The molecule has 0 fully saturated rings. The lowest BCUT2D eigenvalue weighted by atomic mass is 10.1. The van der Waals surface area contributed by atoms with E-state index in [1.807, 2.05) is 28.8 Å². The third kappa shape index (κ3) is 3.49. The smallest absolute Gasteiger partial charge is 0.249 e. The van der Waals surface area contributed by atoms with Gasteiger partial charge in [0.25, 0.3) is 0 Å². The summed E-state index contributed by atoms with van der Waals surface area (Å²) >= 11 is 0. The first kappa shape index (κ1) is 19.9. The van der Waals surface area contributed by atoms with Gasteiger partial charge in [-0.3, -0.25) is 4.79 Å². The first-order valence-electron chi connectivity index (χ1n) is 10.6. The molecular weight excluding hydrogens is 404 g/mol. The molecular formula is C24H24N6O2. The van der Waals surface area contributed by atoms with E-state index in [4.69, 9.17) is 20.4 Å². The second-order valence-corrected chi connectivity index (χ2v) is 7.69. The quantitative estimate of drug-likeness (QED) is 0.434. The number of nitrogens with two attached hydrogens (primary N) is 1. The number of carbonyl (C=O) groups excluding carboxylic acids is 1. The third-order valence-corrected chi connectivity index (χ3v) is 5.65. The van der Waals surface area contributed by atoms with Gasteiger partial charge in [-0.05, 0) is 30.5 Å². The zero-order chi connectivity index (χ0) is 22.1. The number of hydrogen-bond donors (Lipinski definition) is 3. The van der Waals surface area contributed by atoms with Crippen LogP contribution in [0.5, 0.6) is 5.88 Å². The van der Waals surface area contributed by atoms with Gasteiger partial charge in [-0.1, -0.05) is 36.4 Å². The van der Waals surface area contributed by atoms with Crippen LogP contribution in [0.3, 0.4) is 0 Å². The molecule has 2 aromatic heterocycles. The van der Waals surface area contributed by atoms with E-state index in [2.05, 4.69) is 22.8 Å². The summed E-state index contributed by atoms with van der Waals surface area (Å²) in [5, 5.41) is 7.61. The number of amides is 1. The highest BCUT2D eigenvalue weighted by molar-refractivity contribution is 6.06. The van der Waals surface area contributed by atoms with E-state index in [-0.39, 0.29) is 0 Å². The minimum absolute atomic E-state index is 0.432. The largest absolute Gasteiger partial charge is 0.482 e. The molecule has 8 heteroatoms. The molecule has 3 heterocycles. The van der Waals surface area contributed by atoms with E-state index in [1.165, 1.54) is 0 Å². The summed E-state index contributed by atoms with van der Waals surface area (Å²) in [6, 6.07) is 17.4. The first-order chi connectivity index (χ1) is 15.7. The number of fused-ring (bicyclic) bond motifs is 2. The number of hydrogen-bond acceptors (Lipinski definition) is 6. The van der Waals surface area contributed by atoms with Crippen molar-refractivity contribution in [1.82, 2.24) is 14.5 Å². The summed E-state index contributed by atoms with van der Waals surface area (Å²) in [6.45, 7) is 1.52. The molecule has 4 N–H and O–H groups in total. The van der Waals surface area contributed by atoms with Crippen molar-refractivity contribution in [3.05, 3.63) is 71.4 Å². The van der Waals surface area contributed by atoms with Crippen LogP contribution in [0.25, 0.3) is 16.9 Å². The van der Waals surface area contributed by atoms with Gasteiger partial charge in [0.2, 0.25) is 17.7 Å². The molecule has 1 amide bonds. The van der Waals surface area contributed by atoms with Crippen LogP contribution in [0.15, 0.2) is 54.6 Å². The number of nitrogens with zero attached hydrogens (tertiary/aromatic N) is 3. The van der Waals surface area contributed by atoms with Crippen LogP contribution >= 0.6 is 0 Å². The molecule has 1 aliphatic heterocycles. The van der Waals surface area contributed by atoms with Gasteiger partial charge in [0.15, 0.2) is 5.82 Å². The highest BCUT2D eigenvalue weighted by Gasteiger charge is 2.22. The Balaban J connectivity index is 1.64. The maximum absolute atomic E-state index is 11.9. The highest BCUT2D eigenvalue weighted by Crippen LogP contribution is 2.34. The second kappa shape index (κ2) is 8.22. The first-order valence-corrected chi connectivity index (χ1v) is 10.6. The van der Waals surface area contributed by atoms with E-state index in [1.54, 1.807) is 25.3 Å². The topological polar surface area (TPSA) is 107 Å². The number of benzene rings is 2. The Kier molecular flexibility index (Phi) is 5.10. The summed E-state index contributed by atoms with van der Waals surface area (Å²) in [4.78, 5) is 21.7. The van der Waals surface area contributed by atoms with Crippen LogP contribution in [0, 0.1) is 0 Å². The van der Waals surface area contributed by atoms with E-state index >= 15 is 0 Å². The molecule has 32 heavy (non-hydrogen) atoms. The average molecular weight is 428 g/mol.